The van der Waals surface area contributed by atoms with Gasteiger partial charge in [0.2, 0.25) is 9.84 Å². The molecule has 0 fully saturated rings. The molecule has 0 aliphatic heterocycles. The van der Waals surface area contributed by atoms with Gasteiger partial charge >= 0.3 is 0 Å². The van der Waals surface area contributed by atoms with Crippen LogP contribution in [-0.4, -0.2) is 8.42 Å². The highest BCUT2D eigenvalue weighted by atomic mass is 32.2. The van der Waals surface area contributed by atoms with Gasteiger partial charge in [-0.3, -0.25) is 0 Å². The lowest BCUT2D eigenvalue weighted by atomic mass is 10.3. The van der Waals surface area contributed by atoms with Crippen molar-refractivity contribution in [2.24, 2.45) is 0 Å². The maximum atomic E-state index is 12.1. The van der Waals surface area contributed by atoms with Gasteiger partial charge in [0.15, 0.2) is 0 Å². The zero-order valence-electron chi connectivity index (χ0n) is 8.46. The number of benzene rings is 1. The third-order valence-electron chi connectivity index (χ3n) is 2.22. The SMILES string of the molecule is C=C(c1ccoc1)S(=O)(=O)c1ccccc1. The molecule has 1 aromatic carbocycles. The number of hydrogen-bond acceptors (Lipinski definition) is 3. The summed E-state index contributed by atoms with van der Waals surface area (Å²) < 4.78 is 29.0. The summed E-state index contributed by atoms with van der Waals surface area (Å²) in [6, 6.07) is 9.77. The fourth-order valence-electron chi connectivity index (χ4n) is 1.32. The Kier molecular flexibility index (Phi) is 2.66. The molecule has 0 unspecified atom stereocenters. The molecule has 0 aliphatic carbocycles. The lowest BCUT2D eigenvalue weighted by Gasteiger charge is -2.04. The molecule has 0 radical (unpaired) electrons. The van der Waals surface area contributed by atoms with Crippen LogP contribution in [0, 0.1) is 0 Å². The molecule has 0 N–H and O–H groups in total. The fourth-order valence-corrected chi connectivity index (χ4v) is 2.55. The Morgan fingerprint density at radius 2 is 1.81 bits per heavy atom. The summed E-state index contributed by atoms with van der Waals surface area (Å²) in [6.45, 7) is 3.60. The van der Waals surface area contributed by atoms with Gasteiger partial charge in [0.25, 0.3) is 0 Å². The van der Waals surface area contributed by atoms with Gasteiger partial charge < -0.3 is 4.42 Å². The molecule has 3 nitrogen and oxygen atoms in total. The van der Waals surface area contributed by atoms with E-state index >= 15 is 0 Å². The molecular formula is C12H10O3S. The van der Waals surface area contributed by atoms with Crippen LogP contribution in [0.15, 0.2) is 64.8 Å². The second kappa shape index (κ2) is 3.98. The summed E-state index contributed by atoms with van der Waals surface area (Å²) in [5.41, 5.74) is 0.476. The molecular weight excluding hydrogens is 224 g/mol. The average Bonchev–Trinajstić information content (AvgIpc) is 2.82. The number of furan rings is 1. The van der Waals surface area contributed by atoms with Gasteiger partial charge in [-0.05, 0) is 18.2 Å². The van der Waals surface area contributed by atoms with E-state index in [1.807, 2.05) is 0 Å². The highest BCUT2D eigenvalue weighted by Gasteiger charge is 2.20. The van der Waals surface area contributed by atoms with Crippen LogP contribution in [0.4, 0.5) is 0 Å². The van der Waals surface area contributed by atoms with E-state index in [1.54, 1.807) is 36.4 Å². The first-order chi connectivity index (χ1) is 7.62. The number of rotatable bonds is 3. The summed E-state index contributed by atoms with van der Waals surface area (Å²) in [5, 5.41) is 0. The van der Waals surface area contributed by atoms with E-state index in [0.717, 1.165) is 0 Å². The topological polar surface area (TPSA) is 47.3 Å². The van der Waals surface area contributed by atoms with Crippen LogP contribution in [0.25, 0.3) is 4.91 Å². The molecule has 4 heteroatoms. The van der Waals surface area contributed by atoms with Crippen LogP contribution >= 0.6 is 0 Å². The highest BCUT2D eigenvalue weighted by molar-refractivity contribution is 8.00. The maximum Gasteiger partial charge on any atom is 0.206 e. The first kappa shape index (κ1) is 10.7. The second-order valence-electron chi connectivity index (χ2n) is 3.25. The molecule has 0 spiro atoms. The van der Waals surface area contributed by atoms with E-state index in [-0.39, 0.29) is 9.80 Å². The van der Waals surface area contributed by atoms with Crippen molar-refractivity contribution in [2.75, 3.05) is 0 Å². The third-order valence-corrected chi connectivity index (χ3v) is 4.00. The van der Waals surface area contributed by atoms with Crippen molar-refractivity contribution in [3.8, 4) is 0 Å². The van der Waals surface area contributed by atoms with Gasteiger partial charge in [-0.1, -0.05) is 24.8 Å². The van der Waals surface area contributed by atoms with E-state index in [2.05, 4.69) is 6.58 Å². The molecule has 1 aromatic heterocycles. The van der Waals surface area contributed by atoms with E-state index in [9.17, 15) is 8.42 Å². The van der Waals surface area contributed by atoms with Crippen molar-refractivity contribution in [3.63, 3.8) is 0 Å². The molecule has 0 saturated carbocycles. The Balaban J connectivity index is 2.46. The monoisotopic (exact) mass is 234 g/mol. The minimum atomic E-state index is -3.52. The summed E-state index contributed by atoms with van der Waals surface area (Å²) in [5.74, 6) is 0. The first-order valence-electron chi connectivity index (χ1n) is 4.64. The number of hydrogen-bond donors (Lipinski definition) is 0. The van der Waals surface area contributed by atoms with Gasteiger partial charge in [0.05, 0.1) is 22.3 Å². The predicted octanol–water partition coefficient (Wildman–Crippen LogP) is 2.72. The number of sulfone groups is 1. The largest absolute Gasteiger partial charge is 0.472 e. The Morgan fingerprint density at radius 3 is 2.38 bits per heavy atom. The van der Waals surface area contributed by atoms with Crippen LogP contribution in [0.3, 0.4) is 0 Å². The smallest absolute Gasteiger partial charge is 0.206 e. The van der Waals surface area contributed by atoms with Gasteiger partial charge in [-0.25, -0.2) is 8.42 Å². The Hall–Kier alpha value is -1.81. The van der Waals surface area contributed by atoms with Crippen molar-refractivity contribution < 1.29 is 12.8 Å². The van der Waals surface area contributed by atoms with E-state index in [4.69, 9.17) is 4.42 Å². The molecule has 82 valence electrons. The zero-order chi connectivity index (χ0) is 11.6. The molecule has 0 saturated heterocycles. The predicted molar refractivity (Wildman–Crippen MR) is 61.4 cm³/mol. The molecule has 0 amide bonds. The standard InChI is InChI=1S/C12H10O3S/c1-10(11-7-8-15-9-11)16(13,14)12-5-3-2-4-6-12/h2-9H,1H2. The Bertz CT molecular complexity index is 580. The molecule has 2 aromatic rings. The summed E-state index contributed by atoms with van der Waals surface area (Å²) in [4.78, 5) is 0.286. The van der Waals surface area contributed by atoms with Gasteiger partial charge in [-0.2, -0.15) is 0 Å². The summed E-state index contributed by atoms with van der Waals surface area (Å²) >= 11 is 0. The normalized spacial score (nSPS) is 11.2. The highest BCUT2D eigenvalue weighted by Crippen LogP contribution is 2.25. The zero-order valence-corrected chi connectivity index (χ0v) is 9.28. The minimum absolute atomic E-state index is 0.0486. The van der Waals surface area contributed by atoms with Crippen molar-refractivity contribution >= 4 is 14.7 Å². The fraction of sp³-hybridized carbons (Fsp3) is 0. The van der Waals surface area contributed by atoms with E-state index < -0.39 is 9.84 Å². The molecule has 0 aliphatic rings. The molecule has 2 rings (SSSR count). The summed E-state index contributed by atoms with van der Waals surface area (Å²) in [7, 11) is -3.52. The van der Waals surface area contributed by atoms with Crippen LogP contribution in [0.2, 0.25) is 0 Å². The van der Waals surface area contributed by atoms with Crippen molar-refractivity contribution in [2.45, 2.75) is 4.90 Å². The molecule has 1 heterocycles. The first-order valence-corrected chi connectivity index (χ1v) is 6.12. The molecule has 16 heavy (non-hydrogen) atoms. The average molecular weight is 234 g/mol. The lowest BCUT2D eigenvalue weighted by Crippen LogP contribution is -2.02. The van der Waals surface area contributed by atoms with Crippen LogP contribution in [-0.2, 0) is 9.84 Å². The third kappa shape index (κ3) is 1.79. The summed E-state index contributed by atoms with van der Waals surface area (Å²) in [6.07, 6.45) is 2.78. The second-order valence-corrected chi connectivity index (χ2v) is 5.22. The van der Waals surface area contributed by atoms with Gasteiger partial charge in [-0.15, -0.1) is 0 Å². The van der Waals surface area contributed by atoms with Crippen molar-refractivity contribution in [1.82, 2.24) is 0 Å². The van der Waals surface area contributed by atoms with Gasteiger partial charge in [0, 0.05) is 5.56 Å². The lowest BCUT2D eigenvalue weighted by molar-refractivity contribution is 0.566. The quantitative estimate of drug-likeness (QED) is 0.820. The van der Waals surface area contributed by atoms with Crippen LogP contribution in [0.5, 0.6) is 0 Å². The van der Waals surface area contributed by atoms with E-state index in [0.29, 0.717) is 5.56 Å². The van der Waals surface area contributed by atoms with E-state index in [1.165, 1.54) is 12.5 Å². The van der Waals surface area contributed by atoms with Crippen LogP contribution in [0.1, 0.15) is 5.56 Å². The van der Waals surface area contributed by atoms with Crippen LogP contribution < -0.4 is 0 Å². The van der Waals surface area contributed by atoms with Gasteiger partial charge in [0.1, 0.15) is 0 Å². The van der Waals surface area contributed by atoms with Crippen molar-refractivity contribution in [3.05, 3.63) is 61.1 Å². The Morgan fingerprint density at radius 1 is 1.12 bits per heavy atom. The van der Waals surface area contributed by atoms with Crippen molar-refractivity contribution in [1.29, 1.82) is 0 Å². The maximum absolute atomic E-state index is 12.1. The molecule has 0 atom stereocenters. The Labute approximate surface area is 93.9 Å². The molecule has 0 bridgehead atoms. The minimum Gasteiger partial charge on any atom is -0.472 e.